The molecule has 0 fully saturated rings. The molecule has 0 aromatic carbocycles. The van der Waals surface area contributed by atoms with Gasteiger partial charge in [-0.1, -0.05) is 0 Å². The summed E-state index contributed by atoms with van der Waals surface area (Å²) < 4.78 is 0. The summed E-state index contributed by atoms with van der Waals surface area (Å²) in [5.74, 6) is 1.60. The van der Waals surface area contributed by atoms with E-state index in [0.29, 0.717) is 41.3 Å². The second-order valence-corrected chi connectivity index (χ2v) is 7.27. The molecule has 0 aliphatic rings. The minimum absolute atomic E-state index is 0.0608. The summed E-state index contributed by atoms with van der Waals surface area (Å²) in [7, 11) is 0. The van der Waals surface area contributed by atoms with Crippen LogP contribution in [0.2, 0.25) is 0 Å². The van der Waals surface area contributed by atoms with E-state index in [1.165, 1.54) is 23.6 Å². The zero-order valence-corrected chi connectivity index (χ0v) is 16.8. The van der Waals surface area contributed by atoms with Crippen molar-refractivity contribution in [2.24, 2.45) is 0 Å². The van der Waals surface area contributed by atoms with Gasteiger partial charge in [-0.3, -0.25) is 10.1 Å². The minimum atomic E-state index is -0.493. The number of pyridine rings is 1. The third-order valence-corrected chi connectivity index (χ3v) is 5.16. The monoisotopic (exact) mass is 433 g/mol. The molecule has 3 N–H and O–H groups in total. The van der Waals surface area contributed by atoms with Crippen molar-refractivity contribution in [3.63, 3.8) is 0 Å². The Morgan fingerprint density at radius 2 is 2.00 bits per heavy atom. The quantitative estimate of drug-likeness (QED) is 0.215. The van der Waals surface area contributed by atoms with E-state index in [9.17, 15) is 10.1 Å². The average Bonchev–Trinajstić information content (AvgIpc) is 3.49. The number of hydrogen-bond acceptors (Lipinski definition) is 10. The Kier molecular flexibility index (Phi) is 5.77. The van der Waals surface area contributed by atoms with Crippen LogP contribution in [0.1, 0.15) is 4.88 Å². The molecule has 4 rings (SSSR count). The third-order valence-electron chi connectivity index (χ3n) is 4.16. The van der Waals surface area contributed by atoms with Gasteiger partial charge in [-0.25, -0.2) is 19.9 Å². The maximum atomic E-state index is 10.7. The predicted octanol–water partition coefficient (Wildman–Crippen LogP) is 3.29. The summed E-state index contributed by atoms with van der Waals surface area (Å²) >= 11 is 1.35. The number of nitriles is 1. The Labute approximate surface area is 180 Å². The van der Waals surface area contributed by atoms with Crippen LogP contribution in [0.25, 0.3) is 22.0 Å². The number of nitrogens with one attached hydrogen (secondary N) is 3. The van der Waals surface area contributed by atoms with E-state index in [0.717, 1.165) is 10.4 Å². The van der Waals surface area contributed by atoms with Crippen LogP contribution in [0.4, 0.5) is 17.5 Å². The van der Waals surface area contributed by atoms with E-state index >= 15 is 0 Å². The topological polar surface area (TPSA) is 158 Å². The largest absolute Gasteiger partial charge is 0.368 e. The van der Waals surface area contributed by atoms with Crippen molar-refractivity contribution in [2.45, 2.75) is 0 Å². The lowest BCUT2D eigenvalue weighted by molar-refractivity contribution is -0.385. The molecule has 0 bridgehead atoms. The lowest BCUT2D eigenvalue weighted by atomic mass is 10.2. The highest BCUT2D eigenvalue weighted by Gasteiger charge is 2.15. The molecule has 0 saturated heterocycles. The van der Waals surface area contributed by atoms with Gasteiger partial charge in [-0.2, -0.15) is 5.26 Å². The number of aromatic nitrogens is 5. The number of anilines is 2. The number of aromatic amines is 1. The molecule has 4 heterocycles. The van der Waals surface area contributed by atoms with Crippen LogP contribution >= 0.6 is 11.3 Å². The van der Waals surface area contributed by atoms with E-state index < -0.39 is 4.92 Å². The second-order valence-electron chi connectivity index (χ2n) is 6.18. The molecule has 0 aliphatic carbocycles. The van der Waals surface area contributed by atoms with Crippen LogP contribution in [0.15, 0.2) is 49.1 Å². The van der Waals surface area contributed by atoms with Crippen LogP contribution < -0.4 is 10.6 Å². The van der Waals surface area contributed by atoms with Crippen molar-refractivity contribution in [3.8, 4) is 28.0 Å². The van der Waals surface area contributed by atoms with Crippen molar-refractivity contribution < 1.29 is 4.92 Å². The van der Waals surface area contributed by atoms with Crippen molar-refractivity contribution in [3.05, 3.63) is 64.0 Å². The maximum absolute atomic E-state index is 10.7. The first kappa shape index (κ1) is 19.9. The summed E-state index contributed by atoms with van der Waals surface area (Å²) in [6.45, 7) is 0.993. The molecule has 0 spiro atoms. The van der Waals surface area contributed by atoms with Gasteiger partial charge in [-0.05, 0) is 18.2 Å². The number of thiophene rings is 1. The fourth-order valence-corrected chi connectivity index (χ4v) is 3.54. The molecule has 4 aromatic heterocycles. The van der Waals surface area contributed by atoms with Crippen LogP contribution in [0.3, 0.4) is 0 Å². The molecule has 0 amide bonds. The molecule has 0 radical (unpaired) electrons. The SMILES string of the molecule is N#Cc1ccc(-c2nc(NCCNc3ccc([N+](=O)[O-])cn3)ncc2-c2ncc[nH]2)s1. The Morgan fingerprint density at radius 1 is 1.13 bits per heavy atom. The molecular weight excluding hydrogens is 418 g/mol. The van der Waals surface area contributed by atoms with Crippen molar-refractivity contribution in [1.29, 1.82) is 5.26 Å². The van der Waals surface area contributed by atoms with Gasteiger partial charge < -0.3 is 15.6 Å². The number of nitrogens with zero attached hydrogens (tertiary/aromatic N) is 6. The Hall–Kier alpha value is -4.37. The van der Waals surface area contributed by atoms with Crippen LogP contribution in [-0.2, 0) is 0 Å². The van der Waals surface area contributed by atoms with E-state index in [1.54, 1.807) is 30.7 Å². The fourth-order valence-electron chi connectivity index (χ4n) is 2.73. The first-order chi connectivity index (χ1) is 15.1. The molecule has 154 valence electrons. The highest BCUT2D eigenvalue weighted by molar-refractivity contribution is 7.16. The highest BCUT2D eigenvalue weighted by atomic mass is 32.1. The Bertz CT molecular complexity index is 1230. The minimum Gasteiger partial charge on any atom is -0.368 e. The van der Waals surface area contributed by atoms with Crippen molar-refractivity contribution in [2.75, 3.05) is 23.7 Å². The molecule has 0 saturated carbocycles. The van der Waals surface area contributed by atoms with E-state index in [2.05, 4.69) is 41.6 Å². The van der Waals surface area contributed by atoms with Gasteiger partial charge in [-0.15, -0.1) is 11.3 Å². The highest BCUT2D eigenvalue weighted by Crippen LogP contribution is 2.33. The second kappa shape index (κ2) is 8.97. The third kappa shape index (κ3) is 4.62. The number of hydrogen-bond donors (Lipinski definition) is 3. The van der Waals surface area contributed by atoms with Gasteiger partial charge >= 0.3 is 0 Å². The standard InChI is InChI=1S/C19H15N9O2S/c20-9-13-2-3-15(31-13)17-14(18-22-6-7-23-18)11-26-19(27-17)24-8-5-21-16-4-1-12(10-25-16)28(29)30/h1-4,6-7,10-11H,5,8H2,(H,21,25)(H,22,23)(H,24,26,27). The van der Waals surface area contributed by atoms with E-state index in [4.69, 9.17) is 5.26 Å². The first-order valence-electron chi connectivity index (χ1n) is 9.09. The molecule has 12 heteroatoms. The molecule has 11 nitrogen and oxygen atoms in total. The summed E-state index contributed by atoms with van der Waals surface area (Å²) in [4.78, 5) is 31.9. The van der Waals surface area contributed by atoms with Crippen molar-refractivity contribution in [1.82, 2.24) is 24.9 Å². The smallest absolute Gasteiger partial charge is 0.287 e. The summed E-state index contributed by atoms with van der Waals surface area (Å²) in [6, 6.07) is 8.68. The number of H-pyrrole nitrogens is 1. The lowest BCUT2D eigenvalue weighted by Gasteiger charge is -2.10. The zero-order valence-electron chi connectivity index (χ0n) is 15.9. The normalized spacial score (nSPS) is 10.4. The van der Waals surface area contributed by atoms with Crippen LogP contribution in [-0.4, -0.2) is 42.9 Å². The molecule has 0 atom stereocenters. The molecule has 31 heavy (non-hydrogen) atoms. The van der Waals surface area contributed by atoms with Crippen molar-refractivity contribution >= 4 is 28.8 Å². The van der Waals surface area contributed by atoms with Gasteiger partial charge in [0.05, 0.1) is 21.1 Å². The maximum Gasteiger partial charge on any atom is 0.287 e. The molecule has 0 unspecified atom stereocenters. The van der Waals surface area contributed by atoms with Gasteiger partial charge in [0.1, 0.15) is 28.8 Å². The van der Waals surface area contributed by atoms with Gasteiger partial charge in [0.15, 0.2) is 0 Å². The van der Waals surface area contributed by atoms with E-state index in [1.807, 2.05) is 6.07 Å². The average molecular weight is 433 g/mol. The molecule has 4 aromatic rings. The first-order valence-corrected chi connectivity index (χ1v) is 9.91. The lowest BCUT2D eigenvalue weighted by Crippen LogP contribution is -2.16. The fraction of sp³-hybridized carbons (Fsp3) is 0.105. The molecule has 0 aliphatic heterocycles. The van der Waals surface area contributed by atoms with Gasteiger partial charge in [0.2, 0.25) is 5.95 Å². The zero-order chi connectivity index (χ0) is 21.6. The van der Waals surface area contributed by atoms with Gasteiger partial charge in [0, 0.05) is 37.7 Å². The number of nitro groups is 1. The number of imidazole rings is 1. The van der Waals surface area contributed by atoms with E-state index in [-0.39, 0.29) is 5.69 Å². The summed E-state index contributed by atoms with van der Waals surface area (Å²) in [5.41, 5.74) is 1.34. The predicted molar refractivity (Wildman–Crippen MR) is 116 cm³/mol. The van der Waals surface area contributed by atoms with Crippen LogP contribution in [0, 0.1) is 21.4 Å². The van der Waals surface area contributed by atoms with Crippen LogP contribution in [0.5, 0.6) is 0 Å². The number of rotatable bonds is 8. The summed E-state index contributed by atoms with van der Waals surface area (Å²) in [5, 5.41) is 26.0. The Morgan fingerprint density at radius 3 is 2.68 bits per heavy atom. The summed E-state index contributed by atoms with van der Waals surface area (Å²) in [6.07, 6.45) is 6.26. The molecular formula is C19H15N9O2S. The van der Waals surface area contributed by atoms with Gasteiger partial charge in [0.25, 0.3) is 5.69 Å². The Balaban J connectivity index is 1.45.